The van der Waals surface area contributed by atoms with Gasteiger partial charge in [0.15, 0.2) is 0 Å². The van der Waals surface area contributed by atoms with Crippen LogP contribution in [0, 0.1) is 6.92 Å². The van der Waals surface area contributed by atoms with Crippen LogP contribution in [-0.2, 0) is 9.59 Å². The standard InChI is InChI=1S/C21H25NO3S/c1-4-16(3)18-10-5-6-11-19(18)25-21(24)14-26-13-20(23)22-17-9-7-8-15(2)12-17/h5-12,16H,4,13-14H2,1-3H3,(H,22,23). The average Bonchev–Trinajstić information content (AvgIpc) is 2.61. The van der Waals surface area contributed by atoms with E-state index >= 15 is 0 Å². The summed E-state index contributed by atoms with van der Waals surface area (Å²) >= 11 is 1.25. The fourth-order valence-electron chi connectivity index (χ4n) is 2.50. The first kappa shape index (κ1) is 20.0. The van der Waals surface area contributed by atoms with Crippen molar-refractivity contribution in [2.45, 2.75) is 33.1 Å². The number of amides is 1. The van der Waals surface area contributed by atoms with Gasteiger partial charge in [0.05, 0.1) is 11.5 Å². The molecule has 0 heterocycles. The second-order valence-corrected chi connectivity index (χ2v) is 7.22. The molecular formula is C21H25NO3S. The van der Waals surface area contributed by atoms with E-state index in [-0.39, 0.29) is 23.4 Å². The highest BCUT2D eigenvalue weighted by atomic mass is 32.2. The monoisotopic (exact) mass is 371 g/mol. The Balaban J connectivity index is 1.80. The summed E-state index contributed by atoms with van der Waals surface area (Å²) < 4.78 is 5.49. The lowest BCUT2D eigenvalue weighted by molar-refractivity contribution is -0.131. The maximum atomic E-state index is 12.1. The molecule has 4 nitrogen and oxygen atoms in total. The molecule has 2 aromatic carbocycles. The lowest BCUT2D eigenvalue weighted by Crippen LogP contribution is -2.17. The number of ether oxygens (including phenoxy) is 1. The van der Waals surface area contributed by atoms with Crippen LogP contribution in [0.2, 0.25) is 0 Å². The van der Waals surface area contributed by atoms with Crippen molar-refractivity contribution in [3.63, 3.8) is 0 Å². The number of rotatable bonds is 8. The number of hydrogen-bond acceptors (Lipinski definition) is 4. The van der Waals surface area contributed by atoms with Gasteiger partial charge >= 0.3 is 5.97 Å². The van der Waals surface area contributed by atoms with Crippen molar-refractivity contribution in [2.24, 2.45) is 0 Å². The van der Waals surface area contributed by atoms with Crippen molar-refractivity contribution in [1.29, 1.82) is 0 Å². The third-order valence-electron chi connectivity index (χ3n) is 4.04. The zero-order chi connectivity index (χ0) is 18.9. The number of hydrogen-bond donors (Lipinski definition) is 1. The number of carbonyl (C=O) groups excluding carboxylic acids is 2. The van der Waals surface area contributed by atoms with Gasteiger partial charge in [0.25, 0.3) is 0 Å². The van der Waals surface area contributed by atoms with Crippen molar-refractivity contribution in [1.82, 2.24) is 0 Å². The Bertz CT molecular complexity index is 760. The van der Waals surface area contributed by atoms with Gasteiger partial charge in [-0.05, 0) is 48.6 Å². The summed E-state index contributed by atoms with van der Waals surface area (Å²) in [6.45, 7) is 6.18. The molecule has 1 unspecified atom stereocenters. The Morgan fingerprint density at radius 3 is 2.62 bits per heavy atom. The smallest absolute Gasteiger partial charge is 0.321 e. The van der Waals surface area contributed by atoms with Gasteiger partial charge in [-0.25, -0.2) is 0 Å². The quantitative estimate of drug-likeness (QED) is 0.536. The molecule has 1 atom stereocenters. The normalized spacial score (nSPS) is 11.7. The van der Waals surface area contributed by atoms with Crippen LogP contribution in [0.4, 0.5) is 5.69 Å². The van der Waals surface area contributed by atoms with E-state index in [1.165, 1.54) is 11.8 Å². The first-order chi connectivity index (χ1) is 12.5. The molecule has 0 aliphatic carbocycles. The predicted octanol–water partition coefficient (Wildman–Crippen LogP) is 4.79. The summed E-state index contributed by atoms with van der Waals surface area (Å²) in [5, 5.41) is 2.83. The summed E-state index contributed by atoms with van der Waals surface area (Å²) in [5.74, 6) is 0.803. The van der Waals surface area contributed by atoms with Crippen molar-refractivity contribution >= 4 is 29.3 Å². The summed E-state index contributed by atoms with van der Waals surface area (Å²) in [5.41, 5.74) is 2.88. The molecular weight excluding hydrogens is 346 g/mol. The topological polar surface area (TPSA) is 55.4 Å². The third kappa shape index (κ3) is 6.23. The number of nitrogens with one attached hydrogen (secondary N) is 1. The van der Waals surface area contributed by atoms with Gasteiger partial charge < -0.3 is 10.1 Å². The average molecular weight is 372 g/mol. The second kappa shape index (κ2) is 10.0. The number of carbonyl (C=O) groups is 2. The third-order valence-corrected chi connectivity index (χ3v) is 4.95. The Kier molecular flexibility index (Phi) is 7.73. The molecule has 0 radical (unpaired) electrons. The molecule has 0 fully saturated rings. The lowest BCUT2D eigenvalue weighted by atomic mass is 9.98. The van der Waals surface area contributed by atoms with Crippen LogP contribution in [-0.4, -0.2) is 23.4 Å². The molecule has 2 rings (SSSR count). The minimum absolute atomic E-state index is 0.131. The van der Waals surface area contributed by atoms with Crippen LogP contribution >= 0.6 is 11.8 Å². The van der Waals surface area contributed by atoms with E-state index in [2.05, 4.69) is 19.2 Å². The Morgan fingerprint density at radius 2 is 1.88 bits per heavy atom. The maximum absolute atomic E-state index is 12.1. The number of thioether (sulfide) groups is 1. The lowest BCUT2D eigenvalue weighted by Gasteiger charge is -2.14. The number of aryl methyl sites for hydroxylation is 1. The van der Waals surface area contributed by atoms with Gasteiger partial charge in [-0.1, -0.05) is 44.2 Å². The molecule has 0 saturated heterocycles. The Hall–Kier alpha value is -2.27. The zero-order valence-electron chi connectivity index (χ0n) is 15.5. The van der Waals surface area contributed by atoms with Crippen molar-refractivity contribution in [2.75, 3.05) is 16.8 Å². The Labute approximate surface area is 159 Å². The molecule has 0 aliphatic rings. The Morgan fingerprint density at radius 1 is 1.12 bits per heavy atom. The number of para-hydroxylation sites is 1. The minimum Gasteiger partial charge on any atom is -0.426 e. The SMILES string of the molecule is CCC(C)c1ccccc1OC(=O)CSCC(=O)Nc1cccc(C)c1. The summed E-state index contributed by atoms with van der Waals surface area (Å²) in [7, 11) is 0. The van der Waals surface area contributed by atoms with Gasteiger partial charge in [0.2, 0.25) is 5.91 Å². The predicted molar refractivity (Wildman–Crippen MR) is 108 cm³/mol. The van der Waals surface area contributed by atoms with Crippen molar-refractivity contribution < 1.29 is 14.3 Å². The first-order valence-electron chi connectivity index (χ1n) is 8.73. The number of esters is 1. The van der Waals surface area contributed by atoms with Crippen LogP contribution in [0.1, 0.15) is 37.3 Å². The van der Waals surface area contributed by atoms with Crippen LogP contribution in [0.5, 0.6) is 5.75 Å². The molecule has 1 N–H and O–H groups in total. The molecule has 0 bridgehead atoms. The van der Waals surface area contributed by atoms with E-state index < -0.39 is 0 Å². The van der Waals surface area contributed by atoms with Gasteiger partial charge in [-0.3, -0.25) is 9.59 Å². The van der Waals surface area contributed by atoms with Crippen LogP contribution in [0.15, 0.2) is 48.5 Å². The molecule has 26 heavy (non-hydrogen) atoms. The molecule has 1 amide bonds. The summed E-state index contributed by atoms with van der Waals surface area (Å²) in [6, 6.07) is 15.2. The van der Waals surface area contributed by atoms with Gasteiger partial charge in [0, 0.05) is 5.69 Å². The van der Waals surface area contributed by atoms with Gasteiger partial charge in [-0.15, -0.1) is 11.8 Å². The van der Waals surface area contributed by atoms with E-state index in [1.54, 1.807) is 0 Å². The van der Waals surface area contributed by atoms with E-state index in [0.717, 1.165) is 23.2 Å². The van der Waals surface area contributed by atoms with Crippen LogP contribution in [0.3, 0.4) is 0 Å². The highest BCUT2D eigenvalue weighted by Crippen LogP contribution is 2.28. The molecule has 0 aromatic heterocycles. The van der Waals surface area contributed by atoms with Crippen molar-refractivity contribution in [3.05, 3.63) is 59.7 Å². The molecule has 5 heteroatoms. The number of anilines is 1. The van der Waals surface area contributed by atoms with Crippen LogP contribution < -0.4 is 10.1 Å². The fourth-order valence-corrected chi connectivity index (χ4v) is 3.08. The maximum Gasteiger partial charge on any atom is 0.321 e. The molecule has 0 spiro atoms. The zero-order valence-corrected chi connectivity index (χ0v) is 16.3. The minimum atomic E-state index is -0.339. The van der Waals surface area contributed by atoms with Crippen LogP contribution in [0.25, 0.3) is 0 Å². The van der Waals surface area contributed by atoms with Gasteiger partial charge in [-0.2, -0.15) is 0 Å². The molecule has 0 saturated carbocycles. The van der Waals surface area contributed by atoms with Crippen molar-refractivity contribution in [3.8, 4) is 5.75 Å². The van der Waals surface area contributed by atoms with Gasteiger partial charge in [0.1, 0.15) is 5.75 Å². The molecule has 0 aliphatic heterocycles. The first-order valence-corrected chi connectivity index (χ1v) is 9.89. The second-order valence-electron chi connectivity index (χ2n) is 6.23. The summed E-state index contributed by atoms with van der Waals surface area (Å²) in [6.07, 6.45) is 0.975. The molecule has 2 aromatic rings. The highest BCUT2D eigenvalue weighted by molar-refractivity contribution is 8.00. The van der Waals surface area contributed by atoms with E-state index in [1.807, 2.05) is 55.5 Å². The number of benzene rings is 2. The fraction of sp³-hybridized carbons (Fsp3) is 0.333. The summed E-state index contributed by atoms with van der Waals surface area (Å²) in [4.78, 5) is 24.0. The van der Waals surface area contributed by atoms with E-state index in [4.69, 9.17) is 4.74 Å². The van der Waals surface area contributed by atoms with E-state index in [9.17, 15) is 9.59 Å². The largest absolute Gasteiger partial charge is 0.426 e. The highest BCUT2D eigenvalue weighted by Gasteiger charge is 2.13. The van der Waals surface area contributed by atoms with E-state index in [0.29, 0.717) is 11.7 Å². The molecule has 138 valence electrons.